The molecule has 0 amide bonds. The summed E-state index contributed by atoms with van der Waals surface area (Å²) in [6.45, 7) is 103. The van der Waals surface area contributed by atoms with Crippen molar-refractivity contribution in [1.82, 2.24) is 0 Å². The molecule has 0 aromatic heterocycles. The molecule has 0 radical (unpaired) electrons. The van der Waals surface area contributed by atoms with Crippen LogP contribution in [-0.2, 0) is 94.9 Å². The summed E-state index contributed by atoms with van der Waals surface area (Å²) in [6, 6.07) is 10.3. The number of thioether (sulfide) groups is 2. The van der Waals surface area contributed by atoms with E-state index >= 15 is 0 Å². The highest BCUT2D eigenvalue weighted by molar-refractivity contribution is 8.78. The standard InChI is InChI=1S/C10H14OS.C8H18OS2.C7H12O3.C7H16OS2.C7H16OS.2C6H12O3.2C6H14OS2.C6H12O.C5H11FO.C5H12OS2.2C5H12O.C4H7F2N3O.C3H7NO3.C3H9NO/c1-9(2)11-8-12-10-6-4-3-5-7-10;1-7(2)9-6-10-11-8(3,4)5;1-4-5-9-7(8)10-6(2)3;1-6(2)8-5-9-10-7(3)4;1-5-9-7(4)8-6(2)3;2*1-4-8-6(7)9-5(2)3;1-5(2)7-6(3)9-8-4;1-4-8-9-5-7-6(2)3;1-4-5-7-6(2)3;1-4(2)7-5(3)6;1-5(2)6-4-8-7-3;2*1-4-6-5(2)3;1-3(2)10-4(5,6)8-9-7;1-3(2)7-4(5)6;1-3(2)5-4/h3-7,9H,8H2,1-2H3;7H,6H2,1-5H3;4,6H,1,5H2,2-3H3;6-7H,5H2,1-4H3;6-7H,5H2,1-4H3;2*5H,4H2,1-3H3;5-6H,1-4H3;6H,4-5H2,1-3H3;4,6H,1,5H2,2-3H3;4-5H,1-3H3;5H,4H2,1-3H3;2*5H,4H2,1-3H3;3H,1-2H3;3H,1-2H3;3H,4H2,1-2H3. The molecule has 2 N–H and O–H groups in total. The maximum absolute atomic E-state index is 12.0. The minimum atomic E-state index is -3.72. The zero-order chi connectivity index (χ0) is 116. The third kappa shape index (κ3) is 255. The van der Waals surface area contributed by atoms with Crippen LogP contribution in [0, 0.1) is 10.1 Å². The lowest BCUT2D eigenvalue weighted by Gasteiger charge is -2.16. The van der Waals surface area contributed by atoms with Crippen LogP contribution in [0.15, 0.2) is 65.7 Å². The van der Waals surface area contributed by atoms with E-state index in [-0.39, 0.29) is 43.2 Å². The molecule has 0 aliphatic carbocycles. The monoisotopic (exact) mass is 2310 g/mol. The molecule has 0 spiro atoms. The number of hydrogen-bond donors (Lipinski definition) is 1. The topological polar surface area (TPSA) is 354 Å². The summed E-state index contributed by atoms with van der Waals surface area (Å²) >= 11 is 3.56. The fourth-order valence-electron chi connectivity index (χ4n) is 6.01. The predicted molar refractivity (Wildman–Crippen MR) is 630 cm³/mol. The molecule has 0 aliphatic rings. The molecular weight excluding hydrogens is 2100 g/mol. The molecule has 3 atom stereocenters. The first kappa shape index (κ1) is 178. The van der Waals surface area contributed by atoms with Crippen LogP contribution in [0.5, 0.6) is 0 Å². The van der Waals surface area contributed by atoms with Gasteiger partial charge in [-0.1, -0.05) is 205 Å². The first-order chi connectivity index (χ1) is 66.5. The van der Waals surface area contributed by atoms with Gasteiger partial charge in [-0.2, -0.15) is 8.78 Å². The predicted octanol–water partition coefficient (Wildman–Crippen LogP) is 34.5. The molecule has 144 heavy (non-hydrogen) atoms. The zero-order valence-electron chi connectivity index (χ0n) is 98.4. The summed E-state index contributed by atoms with van der Waals surface area (Å²) in [5, 5.41) is 11.4. The Bertz CT molecular complexity index is 2660. The number of halogens is 3. The van der Waals surface area contributed by atoms with Crippen molar-refractivity contribution in [2.75, 3.05) is 93.4 Å². The second kappa shape index (κ2) is 138. The second-order valence-electron chi connectivity index (χ2n) is 33.3. The smallest absolute Gasteiger partial charge is 0.435 e. The van der Waals surface area contributed by atoms with Crippen LogP contribution in [0.1, 0.15) is 332 Å². The summed E-state index contributed by atoms with van der Waals surface area (Å²) in [5.41, 5.74) is 8.29. The zero-order valence-corrected chi connectivity index (χ0v) is 108. The van der Waals surface area contributed by atoms with E-state index in [2.05, 4.69) is 222 Å². The average molecular weight is 2310 g/mol. The van der Waals surface area contributed by atoms with Gasteiger partial charge in [-0.3, -0.25) is 0 Å². The number of hydrogen-bond acceptors (Lipinski definition) is 39. The molecule has 1 aromatic rings. The van der Waals surface area contributed by atoms with E-state index in [1.165, 1.54) is 31.7 Å². The van der Waals surface area contributed by atoms with E-state index in [1.807, 2.05) is 170 Å². The van der Waals surface area contributed by atoms with Gasteiger partial charge in [0.25, 0.3) is 5.09 Å². The maximum atomic E-state index is 12.0. The SMILES string of the molecule is C=CCOC(=O)OC(C)C.C=CCOC(C)C.CC(C)OC(C)F.CC(C)OC(F)(F)N=[N+]=[N-].CC(C)OCSSC(C)(C)C.CC(C)OCSSC(C)C.CC(C)OCSc1ccccc1.CC(C)ON.CC(C)O[N+](=O)[O-].CCOC(=O)OC(C)C.CCOC(=O)OC(C)C.CCOC(C)C.CCOC(C)C.CCSC(C)OC(C)C.CCSSCOC(C)C.CSSC(C)OC(C)C.CSSCOC(C)C. The summed E-state index contributed by atoms with van der Waals surface area (Å²) in [4.78, 5) is 52.1. The minimum absolute atomic E-state index is 0.000000000000000222. The van der Waals surface area contributed by atoms with Crippen molar-refractivity contribution >= 4 is 150 Å². The highest BCUT2D eigenvalue weighted by Crippen LogP contribution is 2.35. The van der Waals surface area contributed by atoms with Crippen LogP contribution in [0.3, 0.4) is 0 Å². The van der Waals surface area contributed by atoms with Crippen molar-refractivity contribution in [3.05, 3.63) is 76.2 Å². The van der Waals surface area contributed by atoms with Crippen LogP contribution in [-0.4, -0.2) is 254 Å². The number of nitrogens with two attached hydrogens (primary N) is 1. The maximum Gasteiger partial charge on any atom is 0.508 e. The number of nitrogens with zero attached hydrogens (tertiary/aromatic N) is 4. The summed E-state index contributed by atoms with van der Waals surface area (Å²) in [6.07, 6.45) is 3.14. The van der Waals surface area contributed by atoms with E-state index in [0.29, 0.717) is 102 Å². The van der Waals surface area contributed by atoms with Gasteiger partial charge in [0.1, 0.15) is 47.3 Å². The Balaban J connectivity index is -0.0000000867. The van der Waals surface area contributed by atoms with Crippen LogP contribution >= 0.6 is 131 Å². The van der Waals surface area contributed by atoms with Crippen LogP contribution < -0.4 is 5.90 Å². The Morgan fingerprint density at radius 2 is 0.785 bits per heavy atom. The second-order valence-corrected chi connectivity index (χ2v) is 49.8. The van der Waals surface area contributed by atoms with E-state index in [4.69, 9.17) is 52.9 Å². The molecule has 0 heterocycles. The lowest BCUT2D eigenvalue weighted by atomic mass is 10.3. The lowest BCUT2D eigenvalue weighted by Crippen LogP contribution is -2.21. The Kier molecular flexibility index (Phi) is 170. The lowest BCUT2D eigenvalue weighted by molar-refractivity contribution is -0.766. The number of carbonyl (C=O) groups excluding carboxylic acids is 3. The van der Waals surface area contributed by atoms with Gasteiger partial charge in [0.15, 0.2) is 6.36 Å². The minimum Gasteiger partial charge on any atom is -0.435 e. The molecule has 0 aliphatic heterocycles. The fourth-order valence-corrected chi connectivity index (χ4v) is 15.3. The quantitative estimate of drug-likeness (QED) is 0.00505. The van der Waals surface area contributed by atoms with E-state index < -0.39 is 42.2 Å². The third-order valence-corrected chi connectivity index (χ3v) is 23.5. The largest absolute Gasteiger partial charge is 0.508 e. The molecule has 3 unspecified atom stereocenters. The number of azide groups is 1. The fraction of sp³-hybridized carbons (Fsp3) is 0.869. The number of alkyl halides is 3. The van der Waals surface area contributed by atoms with Gasteiger partial charge in [-0.05, 0) is 320 Å². The molecule has 874 valence electrons. The molecule has 0 fully saturated rings. The summed E-state index contributed by atoms with van der Waals surface area (Å²) < 4.78 is 125. The number of ether oxygens (including phenoxy) is 18. The van der Waals surface area contributed by atoms with Crippen molar-refractivity contribution in [3.63, 3.8) is 0 Å². The van der Waals surface area contributed by atoms with Crippen LogP contribution in [0.25, 0.3) is 10.4 Å². The van der Waals surface area contributed by atoms with E-state index in [9.17, 15) is 37.7 Å². The van der Waals surface area contributed by atoms with Crippen LogP contribution in [0.4, 0.5) is 27.6 Å². The van der Waals surface area contributed by atoms with Crippen molar-refractivity contribution in [2.24, 2.45) is 11.0 Å². The molecule has 0 saturated heterocycles. The number of rotatable bonds is 52. The van der Waals surface area contributed by atoms with Crippen molar-refractivity contribution in [2.45, 2.75) is 474 Å². The van der Waals surface area contributed by atoms with Crippen LogP contribution in [0.2, 0.25) is 0 Å². The van der Waals surface area contributed by atoms with Gasteiger partial charge in [0.2, 0.25) is 0 Å². The number of carbonyl (C=O) groups is 3. The molecule has 1 rings (SSSR count). The highest BCUT2D eigenvalue weighted by atomic mass is 33.1. The molecule has 1 aromatic carbocycles. The van der Waals surface area contributed by atoms with Gasteiger partial charge in [-0.15, -0.1) is 28.5 Å². The van der Waals surface area contributed by atoms with Gasteiger partial charge in [0, 0.05) is 43.9 Å². The van der Waals surface area contributed by atoms with Crippen molar-refractivity contribution < 1.29 is 128 Å². The van der Waals surface area contributed by atoms with E-state index in [1.54, 1.807) is 176 Å². The number of benzene rings is 1. The van der Waals surface area contributed by atoms with E-state index in [0.717, 1.165) is 54.4 Å². The first-order valence-electron chi connectivity index (χ1n) is 48.5. The first-order valence-corrected chi connectivity index (χ1v) is 63.1. The average Bonchev–Trinajstić information content (AvgIpc) is 0.929. The Morgan fingerprint density at radius 3 is 1.03 bits per heavy atom. The van der Waals surface area contributed by atoms with Gasteiger partial charge in [-0.25, -0.2) is 24.7 Å². The Labute approximate surface area is 925 Å². The van der Waals surface area contributed by atoms with Gasteiger partial charge in [0.05, 0.1) is 123 Å². The normalized spacial score (nSPS) is 11.1. The molecule has 0 bridgehead atoms. The van der Waals surface area contributed by atoms with Crippen molar-refractivity contribution in [1.29, 1.82) is 0 Å². The van der Waals surface area contributed by atoms with Crippen molar-refractivity contribution in [3.8, 4) is 0 Å². The van der Waals surface area contributed by atoms with Gasteiger partial charge >= 0.3 is 24.7 Å². The Hall–Kier alpha value is -1.55. The Morgan fingerprint density at radius 1 is 0.431 bits per heavy atom. The summed E-state index contributed by atoms with van der Waals surface area (Å²) in [5.74, 6) is 10.9. The highest BCUT2D eigenvalue weighted by Gasteiger charge is 2.29. The molecule has 0 saturated carbocycles. The third-order valence-electron chi connectivity index (χ3n) is 10.6. The molecule has 30 nitrogen and oxygen atoms in total. The molecule has 45 heteroatoms. The summed E-state index contributed by atoms with van der Waals surface area (Å²) in [7, 11) is 17.9. The van der Waals surface area contributed by atoms with Gasteiger partial charge < -0.3 is 94.9 Å². The molecular formula is C99H210F3N5O25S12.